The molecule has 2 aromatic rings. The average Bonchev–Trinajstić information content (AvgIpc) is 2.76. The third-order valence-electron chi connectivity index (χ3n) is 4.57. The summed E-state index contributed by atoms with van der Waals surface area (Å²) < 4.78 is 40.0. The van der Waals surface area contributed by atoms with Crippen LogP contribution in [0.15, 0.2) is 42.5 Å². The van der Waals surface area contributed by atoms with E-state index >= 15 is 0 Å². The first-order valence-electron chi connectivity index (χ1n) is 10.2. The van der Waals surface area contributed by atoms with Crippen molar-refractivity contribution in [3.8, 4) is 17.2 Å². The van der Waals surface area contributed by atoms with E-state index in [1.54, 1.807) is 30.3 Å². The van der Waals surface area contributed by atoms with Crippen molar-refractivity contribution in [3.63, 3.8) is 0 Å². The number of nitrogens with one attached hydrogen (secondary N) is 2. The molecule has 7 nitrogen and oxygen atoms in total. The molecule has 0 radical (unpaired) electrons. The molecule has 0 aromatic heterocycles. The van der Waals surface area contributed by atoms with Gasteiger partial charge in [-0.1, -0.05) is 19.9 Å². The fraction of sp³-hybridized carbons (Fsp3) is 0.391. The van der Waals surface area contributed by atoms with Crippen LogP contribution in [0.4, 0.5) is 8.78 Å². The third-order valence-corrected chi connectivity index (χ3v) is 4.57. The van der Waals surface area contributed by atoms with Gasteiger partial charge in [0.15, 0.2) is 11.5 Å². The second-order valence-electron chi connectivity index (χ2n) is 7.23. The molecule has 1 atom stereocenters. The van der Waals surface area contributed by atoms with Gasteiger partial charge in [-0.05, 0) is 54.8 Å². The van der Waals surface area contributed by atoms with Gasteiger partial charge in [0, 0.05) is 12.1 Å². The van der Waals surface area contributed by atoms with E-state index in [2.05, 4.69) is 15.4 Å². The van der Waals surface area contributed by atoms with Crippen LogP contribution in [-0.2, 0) is 11.3 Å². The molecule has 0 heterocycles. The van der Waals surface area contributed by atoms with Crippen molar-refractivity contribution in [1.82, 2.24) is 10.6 Å². The second kappa shape index (κ2) is 11.9. The highest BCUT2D eigenvalue weighted by atomic mass is 19.3. The molecule has 2 amide bonds. The Bertz CT molecular complexity index is 904. The van der Waals surface area contributed by atoms with Crippen molar-refractivity contribution in [1.29, 1.82) is 0 Å². The van der Waals surface area contributed by atoms with Crippen LogP contribution in [0.5, 0.6) is 17.2 Å². The summed E-state index contributed by atoms with van der Waals surface area (Å²) in [7, 11) is 1.34. The Hall–Kier alpha value is -3.36. The van der Waals surface area contributed by atoms with E-state index in [1.165, 1.54) is 19.2 Å². The summed E-state index contributed by atoms with van der Waals surface area (Å²) in [4.78, 5) is 25.3. The van der Waals surface area contributed by atoms with Crippen molar-refractivity contribution < 1.29 is 32.6 Å². The number of hydrogen-bond acceptors (Lipinski definition) is 5. The summed E-state index contributed by atoms with van der Waals surface area (Å²) in [6, 6.07) is 10.3. The van der Waals surface area contributed by atoms with Crippen LogP contribution >= 0.6 is 0 Å². The Morgan fingerprint density at radius 2 is 1.72 bits per heavy atom. The minimum Gasteiger partial charge on any atom is -0.494 e. The Labute approximate surface area is 186 Å². The van der Waals surface area contributed by atoms with Gasteiger partial charge in [0.1, 0.15) is 11.8 Å². The van der Waals surface area contributed by atoms with Crippen LogP contribution in [0.2, 0.25) is 0 Å². The van der Waals surface area contributed by atoms with Gasteiger partial charge in [0.25, 0.3) is 5.91 Å². The van der Waals surface area contributed by atoms with Crippen molar-refractivity contribution >= 4 is 11.8 Å². The van der Waals surface area contributed by atoms with Gasteiger partial charge in [0.2, 0.25) is 5.91 Å². The smallest absolute Gasteiger partial charge is 0.387 e. The lowest BCUT2D eigenvalue weighted by molar-refractivity contribution is -0.124. The molecule has 0 aliphatic rings. The molecule has 1 unspecified atom stereocenters. The molecular formula is C23H28F2N2O5. The van der Waals surface area contributed by atoms with E-state index in [0.717, 1.165) is 0 Å². The minimum atomic E-state index is -3.00. The molecule has 0 bridgehead atoms. The van der Waals surface area contributed by atoms with Gasteiger partial charge in [-0.3, -0.25) is 9.59 Å². The Morgan fingerprint density at radius 3 is 2.28 bits per heavy atom. The number of carbonyl (C=O) groups excluding carboxylic acids is 2. The summed E-state index contributed by atoms with van der Waals surface area (Å²) in [5.41, 5.74) is 0.936. The minimum absolute atomic E-state index is 0.0601. The highest BCUT2D eigenvalue weighted by molar-refractivity contribution is 5.97. The lowest BCUT2D eigenvalue weighted by Crippen LogP contribution is -2.49. The maximum atomic E-state index is 12.7. The molecule has 2 aromatic carbocycles. The molecular weight excluding hydrogens is 422 g/mol. The number of benzene rings is 2. The van der Waals surface area contributed by atoms with Gasteiger partial charge in [-0.25, -0.2) is 0 Å². The molecule has 32 heavy (non-hydrogen) atoms. The maximum Gasteiger partial charge on any atom is 0.387 e. The fourth-order valence-corrected chi connectivity index (χ4v) is 2.95. The van der Waals surface area contributed by atoms with Crippen molar-refractivity contribution in [2.75, 3.05) is 13.7 Å². The standard InChI is InChI=1S/C23H28F2N2O5/c1-5-31-17-9-7-16(8-10-17)21(28)27-20(14(2)3)22(29)26-13-15-6-11-18(30-4)19(12-15)32-23(24)25/h6-12,14,20,23H,5,13H2,1-4H3,(H,26,29)(H,27,28). The predicted octanol–water partition coefficient (Wildman–Crippen LogP) is 3.77. The van der Waals surface area contributed by atoms with Crippen LogP contribution in [0, 0.1) is 5.92 Å². The quantitative estimate of drug-likeness (QED) is 0.544. The van der Waals surface area contributed by atoms with Crippen LogP contribution in [-0.4, -0.2) is 38.2 Å². The first kappa shape index (κ1) is 24.9. The van der Waals surface area contributed by atoms with E-state index in [1.807, 2.05) is 20.8 Å². The monoisotopic (exact) mass is 450 g/mol. The van der Waals surface area contributed by atoms with E-state index < -0.39 is 18.6 Å². The van der Waals surface area contributed by atoms with Gasteiger partial charge in [-0.2, -0.15) is 8.78 Å². The summed E-state index contributed by atoms with van der Waals surface area (Å²) in [6.45, 7) is 3.06. The highest BCUT2D eigenvalue weighted by Crippen LogP contribution is 2.29. The zero-order chi connectivity index (χ0) is 23.7. The molecule has 0 aliphatic carbocycles. The second-order valence-corrected chi connectivity index (χ2v) is 7.23. The topological polar surface area (TPSA) is 85.9 Å². The molecule has 2 rings (SSSR count). The Morgan fingerprint density at radius 1 is 1.03 bits per heavy atom. The number of alkyl halides is 2. The van der Waals surface area contributed by atoms with Gasteiger partial charge in [0.05, 0.1) is 13.7 Å². The predicted molar refractivity (Wildman–Crippen MR) is 115 cm³/mol. The van der Waals surface area contributed by atoms with E-state index in [9.17, 15) is 18.4 Å². The molecule has 2 N–H and O–H groups in total. The number of rotatable bonds is 11. The molecule has 174 valence electrons. The number of amides is 2. The lowest BCUT2D eigenvalue weighted by atomic mass is 10.0. The van der Waals surface area contributed by atoms with E-state index in [0.29, 0.717) is 23.5 Å². The normalized spacial score (nSPS) is 11.8. The van der Waals surface area contributed by atoms with Crippen molar-refractivity contribution in [3.05, 3.63) is 53.6 Å². The largest absolute Gasteiger partial charge is 0.494 e. The number of ether oxygens (including phenoxy) is 3. The summed E-state index contributed by atoms with van der Waals surface area (Å²) in [5.74, 6) is -0.293. The number of carbonyl (C=O) groups is 2. The van der Waals surface area contributed by atoms with Crippen LogP contribution in [0.1, 0.15) is 36.7 Å². The van der Waals surface area contributed by atoms with Gasteiger partial charge < -0.3 is 24.8 Å². The summed E-state index contributed by atoms with van der Waals surface area (Å²) in [6.07, 6.45) is 0. The zero-order valence-corrected chi connectivity index (χ0v) is 18.5. The molecule has 0 saturated carbocycles. The van der Waals surface area contributed by atoms with Crippen LogP contribution < -0.4 is 24.8 Å². The van der Waals surface area contributed by atoms with Crippen molar-refractivity contribution in [2.45, 2.75) is 40.0 Å². The summed E-state index contributed by atoms with van der Waals surface area (Å²) >= 11 is 0. The average molecular weight is 450 g/mol. The zero-order valence-electron chi connectivity index (χ0n) is 18.5. The number of hydrogen-bond donors (Lipinski definition) is 2. The van der Waals surface area contributed by atoms with E-state index in [-0.39, 0.29) is 29.9 Å². The van der Waals surface area contributed by atoms with Gasteiger partial charge in [-0.15, -0.1) is 0 Å². The molecule has 9 heteroatoms. The Kier molecular flexibility index (Phi) is 9.24. The first-order valence-corrected chi connectivity index (χ1v) is 10.2. The first-order chi connectivity index (χ1) is 15.2. The molecule has 0 aliphatic heterocycles. The number of halogens is 2. The molecule has 0 fully saturated rings. The highest BCUT2D eigenvalue weighted by Gasteiger charge is 2.24. The van der Waals surface area contributed by atoms with Crippen LogP contribution in [0.3, 0.4) is 0 Å². The number of methoxy groups -OCH3 is 1. The van der Waals surface area contributed by atoms with Crippen LogP contribution in [0.25, 0.3) is 0 Å². The van der Waals surface area contributed by atoms with Crippen molar-refractivity contribution in [2.24, 2.45) is 5.92 Å². The lowest BCUT2D eigenvalue weighted by Gasteiger charge is -2.22. The molecule has 0 saturated heterocycles. The fourth-order valence-electron chi connectivity index (χ4n) is 2.95. The van der Waals surface area contributed by atoms with E-state index in [4.69, 9.17) is 9.47 Å². The third kappa shape index (κ3) is 7.11. The summed E-state index contributed by atoms with van der Waals surface area (Å²) in [5, 5.41) is 5.46. The van der Waals surface area contributed by atoms with Gasteiger partial charge >= 0.3 is 6.61 Å². The maximum absolute atomic E-state index is 12.7. The molecule has 0 spiro atoms. The SMILES string of the molecule is CCOc1ccc(C(=O)NC(C(=O)NCc2ccc(OC)c(OC(F)F)c2)C(C)C)cc1. The Balaban J connectivity index is 2.03.